The Hall–Kier alpha value is -0.0800. The lowest BCUT2D eigenvalue weighted by Gasteiger charge is -2.32. The standard InChI is InChI=1S/C12H28N2/c1-6-9-14(8-3)11-12(4,5)10-13-7-2/h13H,6-11H2,1-5H3. The highest BCUT2D eigenvalue weighted by molar-refractivity contribution is 4.75. The molecule has 0 atom stereocenters. The molecule has 0 spiro atoms. The molecule has 0 saturated carbocycles. The zero-order chi connectivity index (χ0) is 11.0. The van der Waals surface area contributed by atoms with Crippen LogP contribution in [0.4, 0.5) is 0 Å². The third kappa shape index (κ3) is 6.39. The lowest BCUT2D eigenvalue weighted by Crippen LogP contribution is -2.40. The Labute approximate surface area is 90.1 Å². The molecular weight excluding hydrogens is 172 g/mol. The molecule has 0 aliphatic rings. The Morgan fingerprint density at radius 3 is 2.21 bits per heavy atom. The maximum Gasteiger partial charge on any atom is 0.00447 e. The van der Waals surface area contributed by atoms with Crippen LogP contribution in [0.15, 0.2) is 0 Å². The molecule has 0 radical (unpaired) electrons. The molecule has 0 aliphatic heterocycles. The molecule has 2 nitrogen and oxygen atoms in total. The van der Waals surface area contributed by atoms with Crippen molar-refractivity contribution in [1.82, 2.24) is 10.2 Å². The van der Waals surface area contributed by atoms with Crippen LogP contribution in [0.25, 0.3) is 0 Å². The SMILES string of the molecule is CCCN(CC)CC(C)(C)CNCC. The summed E-state index contributed by atoms with van der Waals surface area (Å²) in [5.41, 5.74) is 0.390. The molecule has 1 N–H and O–H groups in total. The van der Waals surface area contributed by atoms with Crippen molar-refractivity contribution in [3.05, 3.63) is 0 Å². The second-order valence-corrected chi connectivity index (χ2v) is 4.81. The molecule has 14 heavy (non-hydrogen) atoms. The quantitative estimate of drug-likeness (QED) is 0.647. The van der Waals surface area contributed by atoms with Gasteiger partial charge in [0.2, 0.25) is 0 Å². The Morgan fingerprint density at radius 1 is 1.14 bits per heavy atom. The molecule has 0 bridgehead atoms. The van der Waals surface area contributed by atoms with Crippen molar-refractivity contribution in [3.8, 4) is 0 Å². The zero-order valence-electron chi connectivity index (χ0n) is 10.7. The predicted molar refractivity (Wildman–Crippen MR) is 64.7 cm³/mol. The topological polar surface area (TPSA) is 15.3 Å². The van der Waals surface area contributed by atoms with Crippen molar-refractivity contribution in [2.45, 2.75) is 41.0 Å². The Morgan fingerprint density at radius 2 is 1.79 bits per heavy atom. The van der Waals surface area contributed by atoms with Crippen LogP contribution in [0.3, 0.4) is 0 Å². The van der Waals surface area contributed by atoms with Gasteiger partial charge in [0.1, 0.15) is 0 Å². The van der Waals surface area contributed by atoms with Gasteiger partial charge in [-0.05, 0) is 31.5 Å². The monoisotopic (exact) mass is 200 g/mol. The van der Waals surface area contributed by atoms with Crippen LogP contribution in [0.2, 0.25) is 0 Å². The van der Waals surface area contributed by atoms with Crippen LogP contribution in [-0.4, -0.2) is 37.6 Å². The van der Waals surface area contributed by atoms with Crippen LogP contribution in [0.5, 0.6) is 0 Å². The van der Waals surface area contributed by atoms with E-state index in [1.807, 2.05) is 0 Å². The van der Waals surface area contributed by atoms with E-state index in [2.05, 4.69) is 44.8 Å². The second kappa shape index (κ2) is 7.24. The number of nitrogens with one attached hydrogen (secondary N) is 1. The molecule has 0 saturated heterocycles. The molecule has 0 amide bonds. The number of rotatable bonds is 8. The van der Waals surface area contributed by atoms with Gasteiger partial charge in [-0.1, -0.05) is 34.6 Å². The molecule has 86 valence electrons. The first kappa shape index (κ1) is 13.9. The zero-order valence-corrected chi connectivity index (χ0v) is 10.7. The molecule has 0 rings (SSSR count). The summed E-state index contributed by atoms with van der Waals surface area (Å²) in [6, 6.07) is 0. The maximum absolute atomic E-state index is 3.43. The van der Waals surface area contributed by atoms with E-state index in [0.29, 0.717) is 5.41 Å². The van der Waals surface area contributed by atoms with E-state index < -0.39 is 0 Å². The average Bonchev–Trinajstić information content (AvgIpc) is 2.14. The lowest BCUT2D eigenvalue weighted by atomic mass is 9.92. The van der Waals surface area contributed by atoms with Gasteiger partial charge >= 0.3 is 0 Å². The van der Waals surface area contributed by atoms with Gasteiger partial charge in [0.05, 0.1) is 0 Å². The highest BCUT2D eigenvalue weighted by Crippen LogP contribution is 2.15. The fourth-order valence-corrected chi connectivity index (χ4v) is 1.79. The van der Waals surface area contributed by atoms with E-state index in [1.54, 1.807) is 0 Å². The smallest absolute Gasteiger partial charge is 0.00447 e. The molecule has 0 aliphatic carbocycles. The molecule has 0 aromatic rings. The second-order valence-electron chi connectivity index (χ2n) is 4.81. The largest absolute Gasteiger partial charge is 0.316 e. The first-order valence-electron chi connectivity index (χ1n) is 5.98. The molecular formula is C12H28N2. The van der Waals surface area contributed by atoms with E-state index >= 15 is 0 Å². The molecule has 2 heteroatoms. The third-order valence-electron chi connectivity index (χ3n) is 2.49. The van der Waals surface area contributed by atoms with Gasteiger partial charge in [0.25, 0.3) is 0 Å². The Bertz CT molecular complexity index is 132. The van der Waals surface area contributed by atoms with Gasteiger partial charge in [-0.2, -0.15) is 0 Å². The highest BCUT2D eigenvalue weighted by Gasteiger charge is 2.19. The summed E-state index contributed by atoms with van der Waals surface area (Å²) in [5, 5.41) is 3.43. The van der Waals surface area contributed by atoms with Gasteiger partial charge in [-0.15, -0.1) is 0 Å². The third-order valence-corrected chi connectivity index (χ3v) is 2.49. The van der Waals surface area contributed by atoms with Gasteiger partial charge < -0.3 is 10.2 Å². The minimum atomic E-state index is 0.390. The number of hydrogen-bond acceptors (Lipinski definition) is 2. The first-order chi connectivity index (χ1) is 6.55. The van der Waals surface area contributed by atoms with E-state index in [1.165, 1.54) is 26.1 Å². The fraction of sp³-hybridized carbons (Fsp3) is 1.00. The summed E-state index contributed by atoms with van der Waals surface area (Å²) in [7, 11) is 0. The minimum absolute atomic E-state index is 0.390. The molecule has 0 aromatic heterocycles. The lowest BCUT2D eigenvalue weighted by molar-refractivity contribution is 0.182. The van der Waals surface area contributed by atoms with Crippen LogP contribution >= 0.6 is 0 Å². The van der Waals surface area contributed by atoms with Gasteiger partial charge in [-0.3, -0.25) is 0 Å². The summed E-state index contributed by atoms with van der Waals surface area (Å²) >= 11 is 0. The summed E-state index contributed by atoms with van der Waals surface area (Å²) in [6.45, 7) is 17.1. The minimum Gasteiger partial charge on any atom is -0.316 e. The normalized spacial score (nSPS) is 12.4. The summed E-state index contributed by atoms with van der Waals surface area (Å²) in [4.78, 5) is 2.54. The summed E-state index contributed by atoms with van der Waals surface area (Å²) in [6.07, 6.45) is 1.26. The van der Waals surface area contributed by atoms with E-state index in [4.69, 9.17) is 0 Å². The Kier molecular flexibility index (Phi) is 7.20. The number of hydrogen-bond donors (Lipinski definition) is 1. The summed E-state index contributed by atoms with van der Waals surface area (Å²) < 4.78 is 0. The van der Waals surface area contributed by atoms with E-state index in [9.17, 15) is 0 Å². The Balaban J connectivity index is 3.89. The van der Waals surface area contributed by atoms with Crippen LogP contribution < -0.4 is 5.32 Å². The van der Waals surface area contributed by atoms with E-state index in [-0.39, 0.29) is 0 Å². The van der Waals surface area contributed by atoms with Crippen molar-refractivity contribution >= 4 is 0 Å². The van der Waals surface area contributed by atoms with Crippen LogP contribution in [0.1, 0.15) is 41.0 Å². The van der Waals surface area contributed by atoms with Crippen molar-refractivity contribution in [3.63, 3.8) is 0 Å². The molecule has 0 unspecified atom stereocenters. The van der Waals surface area contributed by atoms with Gasteiger partial charge in [0, 0.05) is 13.1 Å². The van der Waals surface area contributed by atoms with Crippen molar-refractivity contribution in [2.24, 2.45) is 5.41 Å². The average molecular weight is 200 g/mol. The fourth-order valence-electron chi connectivity index (χ4n) is 1.79. The maximum atomic E-state index is 3.43. The van der Waals surface area contributed by atoms with Crippen LogP contribution in [0, 0.1) is 5.41 Å². The van der Waals surface area contributed by atoms with Crippen molar-refractivity contribution < 1.29 is 0 Å². The molecule has 0 fully saturated rings. The first-order valence-corrected chi connectivity index (χ1v) is 5.98. The van der Waals surface area contributed by atoms with Gasteiger partial charge in [-0.25, -0.2) is 0 Å². The number of nitrogens with zero attached hydrogens (tertiary/aromatic N) is 1. The molecule has 0 aromatic carbocycles. The van der Waals surface area contributed by atoms with Crippen molar-refractivity contribution in [1.29, 1.82) is 0 Å². The van der Waals surface area contributed by atoms with Crippen molar-refractivity contribution in [2.75, 3.05) is 32.7 Å². The van der Waals surface area contributed by atoms with Crippen LogP contribution in [-0.2, 0) is 0 Å². The van der Waals surface area contributed by atoms with Gasteiger partial charge in [0.15, 0.2) is 0 Å². The summed E-state index contributed by atoms with van der Waals surface area (Å²) in [5.74, 6) is 0. The van der Waals surface area contributed by atoms with E-state index in [0.717, 1.165) is 13.1 Å². The highest BCUT2D eigenvalue weighted by atomic mass is 15.1. The molecule has 0 heterocycles. The predicted octanol–water partition coefficient (Wildman–Crippen LogP) is 2.35.